The molecule has 0 aliphatic carbocycles. The van der Waals surface area contributed by atoms with Crippen LogP contribution in [0.15, 0.2) is 24.3 Å². The number of rotatable bonds is 3. The summed E-state index contributed by atoms with van der Waals surface area (Å²) in [5.74, 6) is 0.0347. The molecular formula is C19H23N3O3. The van der Waals surface area contributed by atoms with Gasteiger partial charge in [0.25, 0.3) is 11.8 Å². The Balaban J connectivity index is 1.61. The lowest BCUT2D eigenvalue weighted by Gasteiger charge is -2.32. The van der Waals surface area contributed by atoms with E-state index in [1.54, 1.807) is 24.3 Å². The van der Waals surface area contributed by atoms with Crippen molar-refractivity contribution in [2.75, 3.05) is 26.2 Å². The van der Waals surface area contributed by atoms with Crippen molar-refractivity contribution in [2.45, 2.75) is 19.9 Å². The zero-order valence-electron chi connectivity index (χ0n) is 14.6. The van der Waals surface area contributed by atoms with Gasteiger partial charge in [0.05, 0.1) is 11.1 Å². The summed E-state index contributed by atoms with van der Waals surface area (Å²) in [5.41, 5.74) is 0.793. The Morgan fingerprint density at radius 3 is 2.04 bits per heavy atom. The monoisotopic (exact) mass is 341 g/mol. The van der Waals surface area contributed by atoms with E-state index < -0.39 is 6.04 Å². The summed E-state index contributed by atoms with van der Waals surface area (Å²) in [5, 5.41) is 3.36. The number of nitrogens with one attached hydrogen (secondary N) is 1. The number of carbonyl (C=O) groups is 3. The van der Waals surface area contributed by atoms with Crippen molar-refractivity contribution < 1.29 is 14.4 Å². The van der Waals surface area contributed by atoms with Gasteiger partial charge >= 0.3 is 0 Å². The number of carbonyl (C=O) groups excluding carboxylic acids is 3. The average molecular weight is 341 g/mol. The van der Waals surface area contributed by atoms with Gasteiger partial charge in [0.2, 0.25) is 5.91 Å². The van der Waals surface area contributed by atoms with Crippen LogP contribution >= 0.6 is 0 Å². The molecule has 3 aliphatic heterocycles. The van der Waals surface area contributed by atoms with Crippen molar-refractivity contribution in [3.05, 3.63) is 35.4 Å². The number of fused-ring (bicyclic) bond motifs is 2. The van der Waals surface area contributed by atoms with E-state index in [0.29, 0.717) is 36.1 Å². The van der Waals surface area contributed by atoms with Crippen molar-refractivity contribution in [3.63, 3.8) is 0 Å². The molecule has 132 valence electrons. The van der Waals surface area contributed by atoms with Crippen LogP contribution in [0.5, 0.6) is 0 Å². The van der Waals surface area contributed by atoms with E-state index in [-0.39, 0.29) is 23.6 Å². The molecular weight excluding hydrogens is 318 g/mol. The summed E-state index contributed by atoms with van der Waals surface area (Å²) >= 11 is 0. The Labute approximate surface area is 147 Å². The smallest absolute Gasteiger partial charge is 0.262 e. The van der Waals surface area contributed by atoms with Gasteiger partial charge in [0.15, 0.2) is 0 Å². The predicted octanol–water partition coefficient (Wildman–Crippen LogP) is 0.985. The first kappa shape index (κ1) is 16.3. The van der Waals surface area contributed by atoms with Gasteiger partial charge in [-0.3, -0.25) is 19.3 Å². The molecule has 3 amide bonds. The van der Waals surface area contributed by atoms with Crippen LogP contribution in [0.2, 0.25) is 0 Å². The van der Waals surface area contributed by atoms with Crippen molar-refractivity contribution >= 4 is 17.7 Å². The van der Waals surface area contributed by atoms with Crippen LogP contribution in [0.3, 0.4) is 0 Å². The molecule has 3 heterocycles. The number of imide groups is 1. The maximum atomic E-state index is 13.2. The molecule has 0 radical (unpaired) electrons. The minimum Gasteiger partial charge on any atom is -0.340 e. The largest absolute Gasteiger partial charge is 0.340 e. The Kier molecular flexibility index (Phi) is 3.87. The summed E-state index contributed by atoms with van der Waals surface area (Å²) in [6, 6.07) is 6.06. The molecule has 1 aromatic rings. The molecule has 4 rings (SSSR count). The summed E-state index contributed by atoms with van der Waals surface area (Å²) in [6.45, 7) is 7.09. The molecule has 0 spiro atoms. The highest BCUT2D eigenvalue weighted by atomic mass is 16.2. The molecule has 2 fully saturated rings. The third kappa shape index (κ3) is 2.47. The van der Waals surface area contributed by atoms with Crippen molar-refractivity contribution in [1.29, 1.82) is 0 Å². The predicted molar refractivity (Wildman–Crippen MR) is 92.0 cm³/mol. The highest BCUT2D eigenvalue weighted by Crippen LogP contribution is 2.31. The molecule has 25 heavy (non-hydrogen) atoms. The number of amides is 3. The number of nitrogens with zero attached hydrogens (tertiary/aromatic N) is 2. The second-order valence-corrected chi connectivity index (χ2v) is 7.64. The van der Waals surface area contributed by atoms with Gasteiger partial charge in [-0.25, -0.2) is 0 Å². The van der Waals surface area contributed by atoms with Crippen LogP contribution in [0.1, 0.15) is 34.6 Å². The Morgan fingerprint density at radius 2 is 1.56 bits per heavy atom. The second kappa shape index (κ2) is 5.95. The molecule has 6 nitrogen and oxygen atoms in total. The normalized spacial score (nSPS) is 26.4. The summed E-state index contributed by atoms with van der Waals surface area (Å²) in [4.78, 5) is 41.8. The first-order chi connectivity index (χ1) is 12.0. The summed E-state index contributed by atoms with van der Waals surface area (Å²) < 4.78 is 0. The van der Waals surface area contributed by atoms with Crippen LogP contribution in [0, 0.1) is 17.8 Å². The maximum Gasteiger partial charge on any atom is 0.262 e. The van der Waals surface area contributed by atoms with Gasteiger partial charge in [-0.2, -0.15) is 0 Å². The Morgan fingerprint density at radius 1 is 1.04 bits per heavy atom. The maximum absolute atomic E-state index is 13.2. The number of hydrogen-bond donors (Lipinski definition) is 1. The quantitative estimate of drug-likeness (QED) is 0.833. The first-order valence-corrected chi connectivity index (χ1v) is 8.95. The van der Waals surface area contributed by atoms with Crippen LogP contribution in [-0.2, 0) is 4.79 Å². The molecule has 2 saturated heterocycles. The third-order valence-corrected chi connectivity index (χ3v) is 5.69. The Bertz CT molecular complexity index is 698. The molecule has 3 aliphatic rings. The van der Waals surface area contributed by atoms with E-state index in [1.807, 2.05) is 18.7 Å². The van der Waals surface area contributed by atoms with Gasteiger partial charge in [0, 0.05) is 26.2 Å². The van der Waals surface area contributed by atoms with E-state index in [2.05, 4.69) is 5.32 Å². The zero-order chi connectivity index (χ0) is 17.7. The molecule has 1 unspecified atom stereocenters. The van der Waals surface area contributed by atoms with E-state index in [9.17, 15) is 14.4 Å². The highest BCUT2D eigenvalue weighted by Gasteiger charge is 2.47. The van der Waals surface area contributed by atoms with Crippen LogP contribution in [0.4, 0.5) is 0 Å². The van der Waals surface area contributed by atoms with Crippen molar-refractivity contribution in [1.82, 2.24) is 15.1 Å². The number of likely N-dealkylation sites (tertiary alicyclic amines) is 1. The third-order valence-electron chi connectivity index (χ3n) is 5.69. The average Bonchev–Trinajstić information content (AvgIpc) is 3.24. The summed E-state index contributed by atoms with van der Waals surface area (Å²) in [7, 11) is 0. The van der Waals surface area contributed by atoms with Gasteiger partial charge in [-0.05, 0) is 29.9 Å². The Hall–Kier alpha value is -2.21. The fourth-order valence-electron chi connectivity index (χ4n) is 4.38. The molecule has 0 bridgehead atoms. The molecule has 3 atom stereocenters. The van der Waals surface area contributed by atoms with Gasteiger partial charge in [-0.15, -0.1) is 0 Å². The minimum absolute atomic E-state index is 0.0982. The zero-order valence-corrected chi connectivity index (χ0v) is 14.6. The molecule has 6 heteroatoms. The van der Waals surface area contributed by atoms with Crippen LogP contribution < -0.4 is 5.32 Å². The standard InChI is InChI=1S/C19H23N3O3/c1-11(2)16(19(25)21-9-12-7-20-8-13(12)10-21)22-17(23)14-5-3-4-6-15(14)18(22)24/h3-6,11-13,16,20H,7-10H2,1-2H3/t12-,13+,16?. The highest BCUT2D eigenvalue weighted by molar-refractivity contribution is 6.22. The van der Waals surface area contributed by atoms with Crippen molar-refractivity contribution in [2.24, 2.45) is 17.8 Å². The molecule has 0 aromatic heterocycles. The van der Waals surface area contributed by atoms with Crippen molar-refractivity contribution in [3.8, 4) is 0 Å². The second-order valence-electron chi connectivity index (χ2n) is 7.64. The van der Waals surface area contributed by atoms with Gasteiger partial charge in [-0.1, -0.05) is 26.0 Å². The fraction of sp³-hybridized carbons (Fsp3) is 0.526. The van der Waals surface area contributed by atoms with Gasteiger partial charge < -0.3 is 10.2 Å². The number of benzene rings is 1. The lowest BCUT2D eigenvalue weighted by Crippen LogP contribution is -2.53. The lowest BCUT2D eigenvalue weighted by molar-refractivity contribution is -0.136. The lowest BCUT2D eigenvalue weighted by atomic mass is 10.0. The summed E-state index contributed by atoms with van der Waals surface area (Å²) in [6.07, 6.45) is 0. The SMILES string of the molecule is CC(C)C(C(=O)N1C[C@H]2CNC[C@H]2C1)N1C(=O)c2ccccc2C1=O. The minimum atomic E-state index is -0.737. The van der Waals surface area contributed by atoms with Gasteiger partial charge in [0.1, 0.15) is 6.04 Å². The van der Waals surface area contributed by atoms with E-state index in [0.717, 1.165) is 13.1 Å². The fourth-order valence-corrected chi connectivity index (χ4v) is 4.38. The molecule has 1 N–H and O–H groups in total. The molecule has 0 saturated carbocycles. The van der Waals surface area contributed by atoms with E-state index >= 15 is 0 Å². The van der Waals surface area contributed by atoms with Crippen LogP contribution in [-0.4, -0.2) is 59.7 Å². The molecule has 1 aromatic carbocycles. The topological polar surface area (TPSA) is 69.7 Å². The van der Waals surface area contributed by atoms with Crippen LogP contribution in [0.25, 0.3) is 0 Å². The number of hydrogen-bond acceptors (Lipinski definition) is 4. The van der Waals surface area contributed by atoms with E-state index in [1.165, 1.54) is 4.90 Å². The first-order valence-electron chi connectivity index (χ1n) is 8.95. The van der Waals surface area contributed by atoms with E-state index in [4.69, 9.17) is 0 Å².